The van der Waals surface area contributed by atoms with Crippen molar-refractivity contribution in [3.05, 3.63) is 107 Å². The van der Waals surface area contributed by atoms with Gasteiger partial charge in [-0.05, 0) is 76.9 Å². The highest BCUT2D eigenvalue weighted by molar-refractivity contribution is 5.99. The Hall–Kier alpha value is -4.49. The first-order valence-corrected chi connectivity index (χ1v) is 12.0. The molecule has 0 spiro atoms. The summed E-state index contributed by atoms with van der Waals surface area (Å²) in [6, 6.07) is 18.3. The molecule has 0 fully saturated rings. The third-order valence-corrected chi connectivity index (χ3v) is 6.62. The summed E-state index contributed by atoms with van der Waals surface area (Å²) in [7, 11) is 3.35. The summed E-state index contributed by atoms with van der Waals surface area (Å²) in [6.45, 7) is 2.07. The quantitative estimate of drug-likeness (QED) is 0.219. The predicted octanol–water partition coefficient (Wildman–Crippen LogP) is 5.48. The molecule has 0 atom stereocenters. The predicted molar refractivity (Wildman–Crippen MR) is 147 cm³/mol. The van der Waals surface area contributed by atoms with E-state index >= 15 is 0 Å². The van der Waals surface area contributed by atoms with Crippen LogP contribution in [0.25, 0.3) is 22.0 Å². The standard InChI is InChI=1S/C30H29N5O2/c1-19-12-13-32-17-26(19)29-25(15-21-6-10-24(37-3)11-7-21)28-22(14-20-4-8-23(36-2)9-5-20)16-33-18-27(28)30(34-29)35-31/h4-13,16-18H,14-15,31H2,1-3H3,(H,34,35). The second-order valence-corrected chi connectivity index (χ2v) is 8.89. The fourth-order valence-corrected chi connectivity index (χ4v) is 4.66. The summed E-state index contributed by atoms with van der Waals surface area (Å²) in [4.78, 5) is 13.9. The third-order valence-electron chi connectivity index (χ3n) is 6.62. The number of aromatic nitrogens is 3. The van der Waals surface area contributed by atoms with Crippen LogP contribution in [0.3, 0.4) is 0 Å². The van der Waals surface area contributed by atoms with Crippen molar-refractivity contribution in [1.82, 2.24) is 15.0 Å². The summed E-state index contributed by atoms with van der Waals surface area (Å²) < 4.78 is 10.7. The number of nitrogen functional groups attached to an aromatic ring is 1. The molecule has 5 rings (SSSR count). The smallest absolute Gasteiger partial charge is 0.150 e. The molecule has 0 bridgehead atoms. The number of hydrazine groups is 1. The average molecular weight is 492 g/mol. The maximum Gasteiger partial charge on any atom is 0.150 e. The van der Waals surface area contributed by atoms with Gasteiger partial charge in [0, 0.05) is 42.2 Å². The van der Waals surface area contributed by atoms with Crippen molar-refractivity contribution in [1.29, 1.82) is 0 Å². The van der Waals surface area contributed by atoms with Crippen molar-refractivity contribution >= 4 is 16.6 Å². The van der Waals surface area contributed by atoms with Crippen LogP contribution < -0.4 is 20.7 Å². The van der Waals surface area contributed by atoms with E-state index in [0.717, 1.165) is 61.3 Å². The Balaban J connectivity index is 1.75. The van der Waals surface area contributed by atoms with E-state index in [0.29, 0.717) is 18.7 Å². The Labute approximate surface area is 216 Å². The highest BCUT2D eigenvalue weighted by Crippen LogP contribution is 2.37. The van der Waals surface area contributed by atoms with E-state index in [2.05, 4.69) is 46.6 Å². The molecule has 0 aliphatic carbocycles. The van der Waals surface area contributed by atoms with Crippen LogP contribution in [0.2, 0.25) is 0 Å². The Kier molecular flexibility index (Phi) is 6.96. The molecule has 0 unspecified atom stereocenters. The second kappa shape index (κ2) is 10.6. The zero-order valence-corrected chi connectivity index (χ0v) is 21.2. The molecule has 2 aromatic carbocycles. The van der Waals surface area contributed by atoms with E-state index in [4.69, 9.17) is 20.3 Å². The summed E-state index contributed by atoms with van der Waals surface area (Å²) >= 11 is 0. The van der Waals surface area contributed by atoms with E-state index in [-0.39, 0.29) is 0 Å². The lowest BCUT2D eigenvalue weighted by atomic mass is 9.90. The van der Waals surface area contributed by atoms with Gasteiger partial charge in [0.2, 0.25) is 0 Å². The van der Waals surface area contributed by atoms with Gasteiger partial charge in [0.25, 0.3) is 0 Å². The molecule has 0 aliphatic rings. The number of hydrogen-bond acceptors (Lipinski definition) is 7. The first kappa shape index (κ1) is 24.2. The molecule has 0 saturated heterocycles. The lowest BCUT2D eigenvalue weighted by Crippen LogP contribution is -2.12. The molecule has 7 heteroatoms. The van der Waals surface area contributed by atoms with E-state index in [1.54, 1.807) is 20.4 Å². The fraction of sp³-hybridized carbons (Fsp3) is 0.167. The zero-order valence-electron chi connectivity index (χ0n) is 21.2. The molecule has 37 heavy (non-hydrogen) atoms. The number of nitrogens with two attached hydrogens (primary N) is 1. The Morgan fingerprint density at radius 3 is 2.03 bits per heavy atom. The number of methoxy groups -OCH3 is 2. The van der Waals surface area contributed by atoms with Crippen molar-refractivity contribution in [3.8, 4) is 22.8 Å². The Bertz CT molecular complexity index is 1530. The largest absolute Gasteiger partial charge is 0.497 e. The van der Waals surface area contributed by atoms with Gasteiger partial charge in [0.15, 0.2) is 0 Å². The first-order chi connectivity index (χ1) is 18.1. The summed E-state index contributed by atoms with van der Waals surface area (Å²) in [5.74, 6) is 8.21. The van der Waals surface area contributed by atoms with Gasteiger partial charge in [-0.1, -0.05) is 24.3 Å². The summed E-state index contributed by atoms with van der Waals surface area (Å²) in [5, 5.41) is 1.96. The lowest BCUT2D eigenvalue weighted by molar-refractivity contribution is 0.414. The summed E-state index contributed by atoms with van der Waals surface area (Å²) in [5.41, 5.74) is 10.2. The number of hydrogen-bond donors (Lipinski definition) is 2. The molecule has 186 valence electrons. The normalized spacial score (nSPS) is 10.9. The third kappa shape index (κ3) is 4.94. The van der Waals surface area contributed by atoms with E-state index in [1.807, 2.05) is 48.9 Å². The van der Waals surface area contributed by atoms with Crippen molar-refractivity contribution in [2.45, 2.75) is 19.8 Å². The Morgan fingerprint density at radius 2 is 1.43 bits per heavy atom. The zero-order chi connectivity index (χ0) is 25.8. The maximum absolute atomic E-state index is 5.99. The molecule has 0 saturated carbocycles. The molecule has 3 aromatic heterocycles. The number of anilines is 1. The monoisotopic (exact) mass is 491 g/mol. The van der Waals surface area contributed by atoms with Crippen molar-refractivity contribution in [2.24, 2.45) is 5.84 Å². The molecule has 7 nitrogen and oxygen atoms in total. The van der Waals surface area contributed by atoms with Crippen LogP contribution in [-0.4, -0.2) is 29.2 Å². The van der Waals surface area contributed by atoms with E-state index in [1.165, 1.54) is 0 Å². The summed E-state index contributed by atoms with van der Waals surface area (Å²) in [6.07, 6.45) is 8.79. The van der Waals surface area contributed by atoms with Crippen LogP contribution in [0.15, 0.2) is 79.4 Å². The molecule has 0 amide bonds. The molecule has 0 radical (unpaired) electrons. The number of aryl methyl sites for hydroxylation is 1. The van der Waals surface area contributed by atoms with E-state index in [9.17, 15) is 0 Å². The minimum atomic E-state index is 0.579. The molecule has 0 aliphatic heterocycles. The highest BCUT2D eigenvalue weighted by Gasteiger charge is 2.20. The first-order valence-electron chi connectivity index (χ1n) is 12.0. The van der Waals surface area contributed by atoms with Gasteiger partial charge in [-0.25, -0.2) is 10.8 Å². The van der Waals surface area contributed by atoms with Crippen molar-refractivity contribution < 1.29 is 9.47 Å². The van der Waals surface area contributed by atoms with Gasteiger partial charge in [-0.2, -0.15) is 0 Å². The number of nitrogens with one attached hydrogen (secondary N) is 1. The minimum absolute atomic E-state index is 0.579. The van der Waals surface area contributed by atoms with Crippen LogP contribution >= 0.6 is 0 Å². The van der Waals surface area contributed by atoms with Gasteiger partial charge in [-0.15, -0.1) is 0 Å². The van der Waals surface area contributed by atoms with Gasteiger partial charge in [0.1, 0.15) is 17.3 Å². The average Bonchev–Trinajstić information content (AvgIpc) is 2.94. The van der Waals surface area contributed by atoms with E-state index < -0.39 is 0 Å². The van der Waals surface area contributed by atoms with Crippen molar-refractivity contribution in [2.75, 3.05) is 19.6 Å². The van der Waals surface area contributed by atoms with Gasteiger partial charge < -0.3 is 14.9 Å². The molecule has 3 heterocycles. The number of fused-ring (bicyclic) bond motifs is 1. The number of pyridine rings is 3. The van der Waals surface area contributed by atoms with Crippen molar-refractivity contribution in [3.63, 3.8) is 0 Å². The fourth-order valence-electron chi connectivity index (χ4n) is 4.66. The van der Waals surface area contributed by atoms with Gasteiger partial charge in [0.05, 0.1) is 19.9 Å². The topological polar surface area (TPSA) is 95.2 Å². The van der Waals surface area contributed by atoms with Gasteiger partial charge >= 0.3 is 0 Å². The van der Waals surface area contributed by atoms with Gasteiger partial charge in [-0.3, -0.25) is 9.97 Å². The number of nitrogens with zero attached hydrogens (tertiary/aromatic N) is 3. The SMILES string of the molecule is COc1ccc(Cc2cncc3c(NN)nc(-c4cnccc4C)c(Cc4ccc(OC)cc4)c23)cc1. The van der Waals surface area contributed by atoms with Crippen LogP contribution in [0.4, 0.5) is 5.82 Å². The number of ether oxygens (including phenoxy) is 2. The molecular formula is C30H29N5O2. The Morgan fingerprint density at radius 1 is 0.784 bits per heavy atom. The van der Waals surface area contributed by atoms with Crippen LogP contribution in [0, 0.1) is 6.92 Å². The second-order valence-electron chi connectivity index (χ2n) is 8.89. The lowest BCUT2D eigenvalue weighted by Gasteiger charge is -2.19. The minimum Gasteiger partial charge on any atom is -0.497 e. The van der Waals surface area contributed by atoms with Crippen LogP contribution in [0.5, 0.6) is 11.5 Å². The molecular weight excluding hydrogens is 462 g/mol. The number of rotatable bonds is 8. The van der Waals surface area contributed by atoms with Crippen LogP contribution in [0.1, 0.15) is 27.8 Å². The molecule has 3 N–H and O–H groups in total. The number of benzene rings is 2. The highest BCUT2D eigenvalue weighted by atomic mass is 16.5. The molecule has 5 aromatic rings. The van der Waals surface area contributed by atoms with Crippen LogP contribution in [-0.2, 0) is 12.8 Å². The maximum atomic E-state index is 5.99.